The van der Waals surface area contributed by atoms with Crippen molar-refractivity contribution in [2.24, 2.45) is 4.99 Å². The van der Waals surface area contributed by atoms with Gasteiger partial charge in [0.2, 0.25) is 6.08 Å². The lowest BCUT2D eigenvalue weighted by Gasteiger charge is -2.15. The fourth-order valence-corrected chi connectivity index (χ4v) is 2.21. The molecule has 1 heterocycles. The number of rotatable bonds is 2. The lowest BCUT2D eigenvalue weighted by atomic mass is 10.1. The molecule has 2 amide bonds. The van der Waals surface area contributed by atoms with Crippen molar-refractivity contribution in [3.8, 4) is 0 Å². The zero-order valence-corrected chi connectivity index (χ0v) is 10.2. The van der Waals surface area contributed by atoms with Crippen LogP contribution >= 0.6 is 0 Å². The first-order chi connectivity index (χ1) is 9.74. The number of benzene rings is 2. The van der Waals surface area contributed by atoms with Gasteiger partial charge in [0.15, 0.2) is 0 Å². The van der Waals surface area contributed by atoms with E-state index >= 15 is 0 Å². The van der Waals surface area contributed by atoms with Crippen LogP contribution in [0.25, 0.3) is 0 Å². The van der Waals surface area contributed by atoms with Crippen LogP contribution in [0.2, 0.25) is 0 Å². The fraction of sp³-hybridized carbons (Fsp3) is 0. The fourth-order valence-electron chi connectivity index (χ4n) is 2.21. The summed E-state index contributed by atoms with van der Waals surface area (Å²) in [7, 11) is 0. The van der Waals surface area contributed by atoms with Crippen molar-refractivity contribution in [2.45, 2.75) is 0 Å². The Morgan fingerprint density at radius 1 is 0.850 bits per heavy atom. The Kier molecular flexibility index (Phi) is 2.75. The second-order valence-corrected chi connectivity index (χ2v) is 4.18. The van der Waals surface area contributed by atoms with Crippen molar-refractivity contribution in [3.63, 3.8) is 0 Å². The quantitative estimate of drug-likeness (QED) is 0.475. The number of nitrogens with zero attached hydrogens (tertiary/aromatic N) is 2. The normalized spacial score (nSPS) is 13.1. The van der Waals surface area contributed by atoms with Gasteiger partial charge >= 0.3 is 0 Å². The van der Waals surface area contributed by atoms with E-state index in [0.717, 1.165) is 4.90 Å². The molecule has 0 aromatic heterocycles. The number of amides is 2. The second-order valence-electron chi connectivity index (χ2n) is 4.18. The monoisotopic (exact) mass is 264 g/mol. The van der Waals surface area contributed by atoms with E-state index in [-0.39, 0.29) is 11.4 Å². The SMILES string of the molecule is O=C=Nc1ccccc1N1C(=O)c2ccccc2C1=O. The maximum atomic E-state index is 12.3. The Morgan fingerprint density at radius 2 is 1.40 bits per heavy atom. The van der Waals surface area contributed by atoms with Gasteiger partial charge in [-0.2, -0.15) is 4.99 Å². The number of aliphatic imine (C=N–C) groups is 1. The molecule has 0 unspecified atom stereocenters. The molecule has 5 heteroatoms. The summed E-state index contributed by atoms with van der Waals surface area (Å²) in [5.74, 6) is -0.835. The largest absolute Gasteiger partial charge is 0.268 e. The van der Waals surface area contributed by atoms with Gasteiger partial charge in [0, 0.05) is 0 Å². The minimum absolute atomic E-state index is 0.233. The van der Waals surface area contributed by atoms with Crippen LogP contribution in [0.5, 0.6) is 0 Å². The minimum atomic E-state index is -0.417. The van der Waals surface area contributed by atoms with Gasteiger partial charge in [-0.25, -0.2) is 9.69 Å². The van der Waals surface area contributed by atoms with Gasteiger partial charge in [-0.05, 0) is 24.3 Å². The molecule has 0 radical (unpaired) electrons. The zero-order chi connectivity index (χ0) is 14.1. The highest BCUT2D eigenvalue weighted by molar-refractivity contribution is 6.35. The van der Waals surface area contributed by atoms with Crippen LogP contribution < -0.4 is 4.90 Å². The number of hydrogen-bond acceptors (Lipinski definition) is 4. The third-order valence-corrected chi connectivity index (χ3v) is 3.08. The molecule has 0 saturated carbocycles. The number of carbonyl (C=O) groups is 2. The van der Waals surface area contributed by atoms with Gasteiger partial charge < -0.3 is 0 Å². The number of isocyanates is 1. The number of hydrogen-bond donors (Lipinski definition) is 0. The molecule has 0 fully saturated rings. The van der Waals surface area contributed by atoms with E-state index in [4.69, 9.17) is 0 Å². The maximum absolute atomic E-state index is 12.3. The number of carbonyl (C=O) groups excluding carboxylic acids is 3. The Hall–Kier alpha value is -3.04. The van der Waals surface area contributed by atoms with Crippen LogP contribution in [0.1, 0.15) is 20.7 Å². The van der Waals surface area contributed by atoms with Crippen LogP contribution in [-0.4, -0.2) is 17.9 Å². The summed E-state index contributed by atoms with van der Waals surface area (Å²) in [6, 6.07) is 13.0. The highest BCUT2D eigenvalue weighted by Crippen LogP contribution is 2.34. The Bertz CT molecular complexity index is 741. The summed E-state index contributed by atoms with van der Waals surface area (Å²) < 4.78 is 0. The van der Waals surface area contributed by atoms with E-state index in [1.165, 1.54) is 6.08 Å². The number of imide groups is 1. The molecule has 3 rings (SSSR count). The van der Waals surface area contributed by atoms with Crippen LogP contribution in [0.3, 0.4) is 0 Å². The molecule has 0 saturated heterocycles. The summed E-state index contributed by atoms with van der Waals surface area (Å²) in [4.78, 5) is 39.7. The molecule has 0 atom stereocenters. The average Bonchev–Trinajstić information content (AvgIpc) is 2.73. The van der Waals surface area contributed by atoms with Gasteiger partial charge in [-0.1, -0.05) is 24.3 Å². The average molecular weight is 264 g/mol. The maximum Gasteiger partial charge on any atom is 0.266 e. The van der Waals surface area contributed by atoms with E-state index in [1.807, 2.05) is 0 Å². The summed E-state index contributed by atoms with van der Waals surface area (Å²) in [6.07, 6.45) is 1.42. The van der Waals surface area contributed by atoms with Gasteiger partial charge in [0.1, 0.15) is 5.69 Å². The standard InChI is InChI=1S/C15H8N2O3/c18-9-16-12-7-3-4-8-13(12)17-14(19)10-5-1-2-6-11(10)15(17)20/h1-8H. The molecule has 0 spiro atoms. The van der Waals surface area contributed by atoms with Crippen LogP contribution in [0, 0.1) is 0 Å². The number of anilines is 1. The first-order valence-corrected chi connectivity index (χ1v) is 5.89. The highest BCUT2D eigenvalue weighted by Gasteiger charge is 2.37. The molecular weight excluding hydrogens is 256 g/mol. The lowest BCUT2D eigenvalue weighted by molar-refractivity contribution is 0.0926. The van der Waals surface area contributed by atoms with Crippen molar-refractivity contribution in [2.75, 3.05) is 4.90 Å². The predicted octanol–water partition coefficient (Wildman–Crippen LogP) is 2.45. The summed E-state index contributed by atoms with van der Waals surface area (Å²) in [5.41, 5.74) is 1.21. The molecule has 20 heavy (non-hydrogen) atoms. The molecule has 0 aliphatic carbocycles. The van der Waals surface area contributed by atoms with E-state index in [9.17, 15) is 14.4 Å². The van der Waals surface area contributed by atoms with Crippen molar-refractivity contribution in [1.29, 1.82) is 0 Å². The van der Waals surface area contributed by atoms with Crippen LogP contribution in [0.15, 0.2) is 53.5 Å². The molecule has 96 valence electrons. The molecule has 0 bridgehead atoms. The van der Waals surface area contributed by atoms with Crippen molar-refractivity contribution in [3.05, 3.63) is 59.7 Å². The van der Waals surface area contributed by atoms with E-state index in [2.05, 4.69) is 4.99 Å². The Morgan fingerprint density at radius 3 is 2.00 bits per heavy atom. The molecule has 5 nitrogen and oxygen atoms in total. The van der Waals surface area contributed by atoms with Crippen molar-refractivity contribution >= 4 is 29.3 Å². The minimum Gasteiger partial charge on any atom is -0.268 e. The molecule has 1 aliphatic heterocycles. The summed E-state index contributed by atoms with van der Waals surface area (Å²) in [6.45, 7) is 0. The van der Waals surface area contributed by atoms with Gasteiger partial charge in [0.25, 0.3) is 11.8 Å². The second kappa shape index (κ2) is 4.57. The van der Waals surface area contributed by atoms with Gasteiger partial charge in [-0.15, -0.1) is 0 Å². The van der Waals surface area contributed by atoms with Crippen molar-refractivity contribution < 1.29 is 14.4 Å². The Labute approximate surface area is 114 Å². The number of fused-ring (bicyclic) bond motifs is 1. The summed E-state index contributed by atoms with van der Waals surface area (Å²) >= 11 is 0. The first kappa shape index (κ1) is 12.0. The molecule has 2 aromatic carbocycles. The van der Waals surface area contributed by atoms with Crippen LogP contribution in [-0.2, 0) is 4.79 Å². The number of para-hydroxylation sites is 2. The van der Waals surface area contributed by atoms with E-state index < -0.39 is 11.8 Å². The molecule has 2 aromatic rings. The lowest BCUT2D eigenvalue weighted by Crippen LogP contribution is -2.29. The smallest absolute Gasteiger partial charge is 0.266 e. The first-order valence-electron chi connectivity index (χ1n) is 5.89. The van der Waals surface area contributed by atoms with E-state index in [0.29, 0.717) is 11.1 Å². The summed E-state index contributed by atoms with van der Waals surface area (Å²) in [5, 5.41) is 0. The Balaban J connectivity index is 2.17. The van der Waals surface area contributed by atoms with Gasteiger partial charge in [0.05, 0.1) is 16.8 Å². The highest BCUT2D eigenvalue weighted by atomic mass is 16.2. The zero-order valence-electron chi connectivity index (χ0n) is 10.2. The molecular formula is C15H8N2O3. The third kappa shape index (κ3) is 1.66. The van der Waals surface area contributed by atoms with E-state index in [1.54, 1.807) is 48.5 Å². The third-order valence-electron chi connectivity index (χ3n) is 3.08. The molecule has 1 aliphatic rings. The predicted molar refractivity (Wildman–Crippen MR) is 71.8 cm³/mol. The van der Waals surface area contributed by atoms with Crippen LogP contribution in [0.4, 0.5) is 11.4 Å². The topological polar surface area (TPSA) is 66.8 Å². The van der Waals surface area contributed by atoms with Crippen molar-refractivity contribution in [1.82, 2.24) is 0 Å². The molecule has 0 N–H and O–H groups in total. The van der Waals surface area contributed by atoms with Gasteiger partial charge in [-0.3, -0.25) is 9.59 Å².